The van der Waals surface area contributed by atoms with Gasteiger partial charge in [0.2, 0.25) is 0 Å². The van der Waals surface area contributed by atoms with Gasteiger partial charge in [0.15, 0.2) is 23.6 Å². The highest BCUT2D eigenvalue weighted by Crippen LogP contribution is 2.36. The van der Waals surface area contributed by atoms with E-state index in [0.717, 1.165) is 35.4 Å². The summed E-state index contributed by atoms with van der Waals surface area (Å²) in [6.45, 7) is 1.53. The molecule has 0 unspecified atom stereocenters. The fourth-order valence-corrected chi connectivity index (χ4v) is 6.72. The molecule has 3 aromatic rings. The molecule has 0 radical (unpaired) electrons. The van der Waals surface area contributed by atoms with E-state index in [1.807, 2.05) is 18.4 Å². The monoisotopic (exact) mass is 610 g/mol. The molecule has 1 aliphatic carbocycles. The topological polar surface area (TPSA) is 130 Å². The standard InChI is InChI=1S/C28H33F3N4O6S/c1-14-7-8-42-22(14)12-34(19-5-3-4-6-20(19)37)28(39)27-26(40-2)24(25(38)21(13-36)41-27)35-11-18(32-33-35)15-9-16(29)23(31)17(30)10-15/h7-11,19-21,24-27,36-38H,3-6,12-13H2,1-2H3/t19-,20-,21+,24-,25-,26+,27+/m0/s1. The average Bonchev–Trinajstić information content (AvgIpc) is 3.63. The molecule has 2 fully saturated rings. The van der Waals surface area contributed by atoms with E-state index < -0.39 is 72.6 Å². The third-order valence-electron chi connectivity index (χ3n) is 8.14. The number of ether oxygens (including phenoxy) is 2. The summed E-state index contributed by atoms with van der Waals surface area (Å²) in [7, 11) is 1.33. The summed E-state index contributed by atoms with van der Waals surface area (Å²) in [5, 5.41) is 42.0. The first-order valence-corrected chi connectivity index (χ1v) is 14.6. The molecule has 0 bridgehead atoms. The number of aliphatic hydroxyl groups is 3. The van der Waals surface area contributed by atoms with Crippen molar-refractivity contribution in [1.82, 2.24) is 19.9 Å². The maximum absolute atomic E-state index is 14.3. The van der Waals surface area contributed by atoms with E-state index in [-0.39, 0.29) is 17.8 Å². The molecule has 1 amide bonds. The largest absolute Gasteiger partial charge is 0.394 e. The molecule has 10 nitrogen and oxygen atoms in total. The molecule has 5 rings (SSSR count). The maximum Gasteiger partial charge on any atom is 0.255 e. The highest BCUT2D eigenvalue weighted by Gasteiger charge is 2.51. The number of methoxy groups -OCH3 is 1. The predicted molar refractivity (Wildman–Crippen MR) is 145 cm³/mol. The first-order chi connectivity index (χ1) is 20.1. The van der Waals surface area contributed by atoms with E-state index in [1.54, 1.807) is 4.90 Å². The smallest absolute Gasteiger partial charge is 0.255 e. The number of aliphatic hydroxyl groups excluding tert-OH is 3. The molecule has 1 saturated heterocycles. The second-order valence-electron chi connectivity index (χ2n) is 10.7. The number of carbonyl (C=O) groups excluding carboxylic acids is 1. The van der Waals surface area contributed by atoms with Crippen LogP contribution in [0.1, 0.15) is 42.2 Å². The van der Waals surface area contributed by atoms with E-state index >= 15 is 0 Å². The molecule has 0 spiro atoms. The van der Waals surface area contributed by atoms with Gasteiger partial charge >= 0.3 is 0 Å². The van der Waals surface area contributed by atoms with E-state index in [2.05, 4.69) is 10.3 Å². The zero-order chi connectivity index (χ0) is 30.1. The Morgan fingerprint density at radius 3 is 2.55 bits per heavy atom. The van der Waals surface area contributed by atoms with Crippen LogP contribution in [0.5, 0.6) is 0 Å². The highest BCUT2D eigenvalue weighted by molar-refractivity contribution is 7.10. The number of nitrogens with zero attached hydrogens (tertiary/aromatic N) is 4. The molecule has 42 heavy (non-hydrogen) atoms. The Kier molecular flexibility index (Phi) is 9.30. The van der Waals surface area contributed by atoms with Crippen LogP contribution in [0.25, 0.3) is 11.3 Å². The summed E-state index contributed by atoms with van der Waals surface area (Å²) in [5.74, 6) is -4.92. The SMILES string of the molecule is CO[C@@H]1[C@@H](n2cc(-c3cc(F)c(F)c(F)c3)nn2)[C@@H](O)[C@@H](CO)O[C@H]1C(=O)N(Cc1sccc1C)[C@H]1CCCC[C@@H]1O. The Morgan fingerprint density at radius 1 is 1.21 bits per heavy atom. The van der Waals surface area contributed by atoms with Crippen LogP contribution in [0, 0.1) is 24.4 Å². The van der Waals surface area contributed by atoms with Crippen LogP contribution in [0.4, 0.5) is 13.2 Å². The van der Waals surface area contributed by atoms with E-state index in [4.69, 9.17) is 9.47 Å². The predicted octanol–water partition coefficient (Wildman–Crippen LogP) is 2.74. The summed E-state index contributed by atoms with van der Waals surface area (Å²) in [6.07, 6.45) is -1.74. The Balaban J connectivity index is 1.50. The van der Waals surface area contributed by atoms with Gasteiger partial charge in [0.25, 0.3) is 5.91 Å². The van der Waals surface area contributed by atoms with Gasteiger partial charge in [-0.15, -0.1) is 16.4 Å². The van der Waals surface area contributed by atoms with Crippen LogP contribution in [-0.4, -0.2) is 91.4 Å². The molecule has 2 aliphatic rings. The first-order valence-electron chi connectivity index (χ1n) is 13.7. The molecule has 7 atom stereocenters. The summed E-state index contributed by atoms with van der Waals surface area (Å²) in [4.78, 5) is 16.9. The zero-order valence-electron chi connectivity index (χ0n) is 23.1. The number of rotatable bonds is 8. The molecule has 2 aromatic heterocycles. The van der Waals surface area contributed by atoms with Crippen LogP contribution in [0.3, 0.4) is 0 Å². The van der Waals surface area contributed by atoms with Crippen molar-refractivity contribution < 1.29 is 42.8 Å². The van der Waals surface area contributed by atoms with E-state index in [0.29, 0.717) is 12.8 Å². The van der Waals surface area contributed by atoms with Crippen LogP contribution >= 0.6 is 11.3 Å². The Morgan fingerprint density at radius 2 is 1.93 bits per heavy atom. The molecule has 14 heteroatoms. The Labute approximate surface area is 244 Å². The van der Waals surface area contributed by atoms with Crippen molar-refractivity contribution in [3.8, 4) is 11.3 Å². The first kappa shape index (κ1) is 30.6. The second kappa shape index (κ2) is 12.8. The van der Waals surface area contributed by atoms with Gasteiger partial charge in [0.1, 0.15) is 30.0 Å². The lowest BCUT2D eigenvalue weighted by Crippen LogP contribution is -2.62. The maximum atomic E-state index is 14.3. The Hall–Kier alpha value is -2.88. The number of halogens is 3. The molecule has 1 aromatic carbocycles. The van der Waals surface area contributed by atoms with Gasteiger partial charge in [-0.3, -0.25) is 4.79 Å². The van der Waals surface area contributed by atoms with Crippen molar-refractivity contribution in [3.63, 3.8) is 0 Å². The molecule has 228 valence electrons. The van der Waals surface area contributed by atoms with E-state index in [1.165, 1.54) is 29.3 Å². The fourth-order valence-electron chi connectivity index (χ4n) is 5.82. The molecule has 1 saturated carbocycles. The summed E-state index contributed by atoms with van der Waals surface area (Å²) >= 11 is 1.49. The van der Waals surface area contributed by atoms with Gasteiger partial charge in [-0.25, -0.2) is 17.9 Å². The van der Waals surface area contributed by atoms with Gasteiger partial charge < -0.3 is 29.7 Å². The Bertz CT molecular complexity index is 1380. The lowest BCUT2D eigenvalue weighted by Gasteiger charge is -2.46. The third-order valence-corrected chi connectivity index (χ3v) is 9.15. The van der Waals surface area contributed by atoms with Gasteiger partial charge in [0, 0.05) is 17.6 Å². The average molecular weight is 611 g/mol. The number of benzene rings is 1. The van der Waals surface area contributed by atoms with E-state index in [9.17, 15) is 33.3 Å². The number of carbonyl (C=O) groups is 1. The van der Waals surface area contributed by atoms with Crippen molar-refractivity contribution in [2.45, 2.75) is 81.8 Å². The molecule has 1 aliphatic heterocycles. The van der Waals surface area contributed by atoms with Gasteiger partial charge in [-0.2, -0.15) is 0 Å². The number of hydrogen-bond acceptors (Lipinski definition) is 9. The summed E-state index contributed by atoms with van der Waals surface area (Å²) in [6, 6.07) is 1.89. The molecule has 3 heterocycles. The van der Waals surface area contributed by atoms with Gasteiger partial charge in [-0.1, -0.05) is 18.1 Å². The number of aromatic nitrogens is 3. The molecular formula is C28H33F3N4O6S. The quantitative estimate of drug-likeness (QED) is 0.332. The van der Waals surface area contributed by atoms with Gasteiger partial charge in [0.05, 0.1) is 31.5 Å². The summed E-state index contributed by atoms with van der Waals surface area (Å²) in [5.41, 5.74) is 0.884. The zero-order valence-corrected chi connectivity index (χ0v) is 23.9. The minimum Gasteiger partial charge on any atom is -0.394 e. The summed E-state index contributed by atoms with van der Waals surface area (Å²) < 4.78 is 54.1. The normalized spacial score (nSPS) is 28.1. The lowest BCUT2D eigenvalue weighted by atomic mass is 9.88. The van der Waals surface area contributed by atoms with Crippen LogP contribution in [0.2, 0.25) is 0 Å². The third kappa shape index (κ3) is 5.83. The van der Waals surface area contributed by atoms with Crippen molar-refractivity contribution in [2.24, 2.45) is 0 Å². The van der Waals surface area contributed by atoms with Crippen molar-refractivity contribution in [3.05, 3.63) is 57.7 Å². The highest BCUT2D eigenvalue weighted by atomic mass is 32.1. The lowest BCUT2D eigenvalue weighted by molar-refractivity contribution is -0.219. The fraction of sp³-hybridized carbons (Fsp3) is 0.536. The second-order valence-corrected chi connectivity index (χ2v) is 11.7. The van der Waals surface area contributed by atoms with Gasteiger partial charge in [-0.05, 0) is 48.9 Å². The number of hydrogen-bond donors (Lipinski definition) is 3. The number of amides is 1. The number of thiophene rings is 1. The van der Waals surface area contributed by atoms with Crippen LogP contribution < -0.4 is 0 Å². The minimum atomic E-state index is -1.62. The van der Waals surface area contributed by atoms with Crippen molar-refractivity contribution >= 4 is 17.2 Å². The van der Waals surface area contributed by atoms with Crippen molar-refractivity contribution in [1.29, 1.82) is 0 Å². The van der Waals surface area contributed by atoms with Crippen molar-refractivity contribution in [2.75, 3.05) is 13.7 Å². The minimum absolute atomic E-state index is 0.0232. The molecular weight excluding hydrogens is 577 g/mol. The number of aryl methyl sites for hydroxylation is 1. The molecule has 3 N–H and O–H groups in total. The van der Waals surface area contributed by atoms with Crippen LogP contribution in [0.15, 0.2) is 29.8 Å². The van der Waals surface area contributed by atoms with Crippen LogP contribution in [-0.2, 0) is 20.8 Å².